The molecule has 2 aliphatic carbocycles. The molecule has 2 saturated carbocycles. The molecule has 3 aromatic rings. The van der Waals surface area contributed by atoms with E-state index in [9.17, 15) is 9.59 Å². The van der Waals surface area contributed by atoms with Gasteiger partial charge in [-0.3, -0.25) is 9.59 Å². The van der Waals surface area contributed by atoms with Gasteiger partial charge in [-0.05, 0) is 112 Å². The van der Waals surface area contributed by atoms with Crippen LogP contribution in [0.4, 0.5) is 0 Å². The molecule has 0 unspecified atom stereocenters. The van der Waals surface area contributed by atoms with Crippen LogP contribution < -0.4 is 9.47 Å². The summed E-state index contributed by atoms with van der Waals surface area (Å²) >= 11 is 0. The number of ether oxygens (including phenoxy) is 2. The van der Waals surface area contributed by atoms with Crippen LogP contribution in [-0.2, 0) is 9.59 Å². The Morgan fingerprint density at radius 3 is 1.13 bits per heavy atom. The van der Waals surface area contributed by atoms with Crippen molar-refractivity contribution in [3.05, 3.63) is 95.1 Å². The lowest BCUT2D eigenvalue weighted by atomic mass is 9.78. The first kappa shape index (κ1) is 26.2. The van der Waals surface area contributed by atoms with Crippen LogP contribution >= 0.6 is 0 Å². The van der Waals surface area contributed by atoms with Gasteiger partial charge >= 0.3 is 11.9 Å². The van der Waals surface area contributed by atoms with E-state index in [0.717, 1.165) is 51.4 Å². The lowest BCUT2D eigenvalue weighted by molar-refractivity contribution is -0.141. The zero-order valence-electron chi connectivity index (χ0n) is 22.5. The molecule has 0 bridgehead atoms. The standard InChI is InChI=1S/C34H38O4/c1-23-3-7-25(8-4-23)27-11-15-29(16-12-27)33(35)37-31-19-21-32(22-20-31)38-34(36)30-17-13-28(14-18-30)26-9-5-24(2)6-10-26/h3-10,19-22,27-30H,11-18H2,1-2H3. The van der Waals surface area contributed by atoms with Gasteiger partial charge in [0, 0.05) is 0 Å². The number of hydrogen-bond donors (Lipinski definition) is 0. The van der Waals surface area contributed by atoms with Crippen LogP contribution in [0.25, 0.3) is 0 Å². The van der Waals surface area contributed by atoms with Gasteiger partial charge in [0.15, 0.2) is 0 Å². The second-order valence-electron chi connectivity index (χ2n) is 11.2. The SMILES string of the molecule is Cc1ccc(C2CCC(C(=O)Oc3ccc(OC(=O)C4CCC(c5ccc(C)cc5)CC4)cc3)CC2)cc1. The number of esters is 2. The first-order valence-corrected chi connectivity index (χ1v) is 14.1. The second kappa shape index (κ2) is 12.0. The van der Waals surface area contributed by atoms with Crippen molar-refractivity contribution in [2.75, 3.05) is 0 Å². The molecule has 2 aliphatic rings. The van der Waals surface area contributed by atoms with Crippen molar-refractivity contribution < 1.29 is 19.1 Å². The molecule has 0 aromatic heterocycles. The van der Waals surface area contributed by atoms with Crippen molar-refractivity contribution in [2.45, 2.75) is 77.0 Å². The zero-order chi connectivity index (χ0) is 26.5. The topological polar surface area (TPSA) is 52.6 Å². The Kier molecular flexibility index (Phi) is 8.26. The fourth-order valence-electron chi connectivity index (χ4n) is 5.98. The van der Waals surface area contributed by atoms with Crippen LogP contribution in [0.2, 0.25) is 0 Å². The molecule has 38 heavy (non-hydrogen) atoms. The van der Waals surface area contributed by atoms with E-state index in [1.807, 2.05) is 0 Å². The molecule has 0 atom stereocenters. The summed E-state index contributed by atoms with van der Waals surface area (Å²) in [6.45, 7) is 4.21. The molecule has 0 saturated heterocycles. The number of carbonyl (C=O) groups is 2. The summed E-state index contributed by atoms with van der Waals surface area (Å²) in [7, 11) is 0. The van der Waals surface area contributed by atoms with E-state index in [2.05, 4.69) is 62.4 Å². The van der Waals surface area contributed by atoms with Gasteiger partial charge in [0.1, 0.15) is 11.5 Å². The normalized spacial score (nSPS) is 23.4. The van der Waals surface area contributed by atoms with Gasteiger partial charge in [0.25, 0.3) is 0 Å². The summed E-state index contributed by atoms with van der Waals surface area (Å²) in [5, 5.41) is 0. The third-order valence-corrected chi connectivity index (χ3v) is 8.48. The molecule has 0 amide bonds. The van der Waals surface area contributed by atoms with Gasteiger partial charge in [-0.2, -0.15) is 0 Å². The summed E-state index contributed by atoms with van der Waals surface area (Å²) in [6.07, 6.45) is 7.40. The minimum Gasteiger partial charge on any atom is -0.426 e. The Balaban J connectivity index is 1.06. The van der Waals surface area contributed by atoms with Gasteiger partial charge in [-0.15, -0.1) is 0 Å². The average Bonchev–Trinajstić information content (AvgIpc) is 2.95. The third kappa shape index (κ3) is 6.53. The van der Waals surface area contributed by atoms with Crippen LogP contribution in [-0.4, -0.2) is 11.9 Å². The molecule has 5 rings (SSSR count). The lowest BCUT2D eigenvalue weighted by Crippen LogP contribution is -2.25. The van der Waals surface area contributed by atoms with Crippen LogP contribution in [0.15, 0.2) is 72.8 Å². The predicted molar refractivity (Wildman–Crippen MR) is 149 cm³/mol. The first-order valence-electron chi connectivity index (χ1n) is 14.1. The van der Waals surface area contributed by atoms with Crippen molar-refractivity contribution >= 4 is 11.9 Å². The minimum absolute atomic E-state index is 0.0655. The minimum atomic E-state index is -0.164. The third-order valence-electron chi connectivity index (χ3n) is 8.48. The average molecular weight is 511 g/mol. The maximum Gasteiger partial charge on any atom is 0.314 e. The number of carbonyl (C=O) groups excluding carboxylic acids is 2. The second-order valence-corrected chi connectivity index (χ2v) is 11.2. The number of aryl methyl sites for hydroxylation is 2. The van der Waals surface area contributed by atoms with E-state index in [-0.39, 0.29) is 23.8 Å². The molecular weight excluding hydrogens is 472 g/mol. The van der Waals surface area contributed by atoms with Crippen LogP contribution in [0.1, 0.15) is 85.5 Å². The van der Waals surface area contributed by atoms with Gasteiger partial charge in [-0.1, -0.05) is 59.7 Å². The Labute approximate surface area is 226 Å². The summed E-state index contributed by atoms with van der Waals surface area (Å²) < 4.78 is 11.3. The van der Waals surface area contributed by atoms with E-state index in [4.69, 9.17) is 9.47 Å². The maximum atomic E-state index is 12.8. The Morgan fingerprint density at radius 2 is 0.816 bits per heavy atom. The van der Waals surface area contributed by atoms with Crippen molar-refractivity contribution in [2.24, 2.45) is 11.8 Å². The van der Waals surface area contributed by atoms with E-state index in [1.54, 1.807) is 24.3 Å². The molecular formula is C34H38O4. The molecule has 0 spiro atoms. The number of hydrogen-bond acceptors (Lipinski definition) is 4. The fourth-order valence-corrected chi connectivity index (χ4v) is 5.98. The summed E-state index contributed by atoms with van der Waals surface area (Å²) in [6, 6.07) is 24.3. The molecule has 0 N–H and O–H groups in total. The van der Waals surface area contributed by atoms with Gasteiger partial charge in [0.2, 0.25) is 0 Å². The maximum absolute atomic E-state index is 12.8. The molecule has 198 valence electrons. The van der Waals surface area contributed by atoms with Gasteiger partial charge < -0.3 is 9.47 Å². The lowest BCUT2D eigenvalue weighted by Gasteiger charge is -2.27. The highest BCUT2D eigenvalue weighted by Gasteiger charge is 2.30. The molecule has 4 nitrogen and oxygen atoms in total. The molecule has 0 radical (unpaired) electrons. The molecule has 4 heteroatoms. The van der Waals surface area contributed by atoms with Gasteiger partial charge in [0.05, 0.1) is 11.8 Å². The van der Waals surface area contributed by atoms with Gasteiger partial charge in [-0.25, -0.2) is 0 Å². The summed E-state index contributed by atoms with van der Waals surface area (Å²) in [5.41, 5.74) is 5.28. The van der Waals surface area contributed by atoms with Crippen molar-refractivity contribution in [1.29, 1.82) is 0 Å². The highest BCUT2D eigenvalue weighted by molar-refractivity contribution is 5.76. The Morgan fingerprint density at radius 1 is 0.500 bits per heavy atom. The summed E-state index contributed by atoms with van der Waals surface area (Å²) in [5.74, 6) is 1.57. The quantitative estimate of drug-likeness (QED) is 0.249. The van der Waals surface area contributed by atoms with E-state index < -0.39 is 0 Å². The van der Waals surface area contributed by atoms with Crippen molar-refractivity contribution in [3.63, 3.8) is 0 Å². The highest BCUT2D eigenvalue weighted by Crippen LogP contribution is 2.38. The molecule has 0 aliphatic heterocycles. The van der Waals surface area contributed by atoms with Crippen LogP contribution in [0.3, 0.4) is 0 Å². The molecule has 3 aromatic carbocycles. The van der Waals surface area contributed by atoms with E-state index in [1.165, 1.54) is 22.3 Å². The Hall–Kier alpha value is -3.40. The fraction of sp³-hybridized carbons (Fsp3) is 0.412. The van der Waals surface area contributed by atoms with Crippen molar-refractivity contribution in [3.8, 4) is 11.5 Å². The largest absolute Gasteiger partial charge is 0.426 e. The van der Waals surface area contributed by atoms with Crippen LogP contribution in [0, 0.1) is 25.7 Å². The highest BCUT2D eigenvalue weighted by atomic mass is 16.5. The first-order chi connectivity index (χ1) is 18.4. The predicted octanol–water partition coefficient (Wildman–Crippen LogP) is 8.06. The Bertz CT molecular complexity index is 1110. The van der Waals surface area contributed by atoms with Crippen LogP contribution in [0.5, 0.6) is 11.5 Å². The smallest absolute Gasteiger partial charge is 0.314 e. The van der Waals surface area contributed by atoms with E-state index >= 15 is 0 Å². The molecule has 2 fully saturated rings. The summed E-state index contributed by atoms with van der Waals surface area (Å²) in [4.78, 5) is 25.5. The van der Waals surface area contributed by atoms with E-state index in [0.29, 0.717) is 23.3 Å². The monoisotopic (exact) mass is 510 g/mol. The molecule has 0 heterocycles. The zero-order valence-corrected chi connectivity index (χ0v) is 22.5. The number of rotatable bonds is 6. The van der Waals surface area contributed by atoms with Crippen molar-refractivity contribution in [1.82, 2.24) is 0 Å². The number of benzene rings is 3.